The number of allylic oxidation sites excluding steroid dienone is 1. The van der Waals surface area contributed by atoms with E-state index in [1.807, 2.05) is 18.3 Å². The zero-order valence-corrected chi connectivity index (χ0v) is 23.1. The number of aromatic hydroxyl groups is 1. The molecule has 6 atom stereocenters. The molecule has 6 unspecified atom stereocenters. The van der Waals surface area contributed by atoms with E-state index in [1.54, 1.807) is 0 Å². The highest BCUT2D eigenvalue weighted by molar-refractivity contribution is 14.1. The largest absolute Gasteiger partial charge is 0.506 e. The molecule has 4 aliphatic carbocycles. The molecule has 5 rings (SSSR count). The topological polar surface area (TPSA) is 65.2 Å². The van der Waals surface area contributed by atoms with Gasteiger partial charge in [-0.3, -0.25) is 0 Å². The maximum atomic E-state index is 10.2. The van der Waals surface area contributed by atoms with Gasteiger partial charge in [-0.1, -0.05) is 25.5 Å². The van der Waals surface area contributed by atoms with Crippen molar-refractivity contribution in [2.75, 3.05) is 0 Å². The van der Waals surface area contributed by atoms with E-state index in [9.17, 15) is 10.2 Å². The lowest BCUT2D eigenvalue weighted by Crippen LogP contribution is -2.50. The molecular weight excluding hydrogens is 626 g/mol. The summed E-state index contributed by atoms with van der Waals surface area (Å²) in [6.45, 7) is 4.92. The Morgan fingerprint density at radius 2 is 1.72 bits per heavy atom. The minimum Gasteiger partial charge on any atom is -0.506 e. The molecule has 0 radical (unpaired) electrons. The Balaban J connectivity index is 1.37. The third-order valence-electron chi connectivity index (χ3n) is 9.24. The summed E-state index contributed by atoms with van der Waals surface area (Å²) >= 11 is 4.31. The number of halogens is 2. The van der Waals surface area contributed by atoms with Crippen molar-refractivity contribution in [3.05, 3.63) is 36.5 Å². The summed E-state index contributed by atoms with van der Waals surface area (Å²) in [5, 5.41) is 29.5. The first kappa shape index (κ1) is 23.3. The van der Waals surface area contributed by atoms with Crippen molar-refractivity contribution in [1.29, 1.82) is 0 Å². The van der Waals surface area contributed by atoms with E-state index in [0.717, 1.165) is 50.2 Å². The van der Waals surface area contributed by atoms with Crippen LogP contribution in [-0.2, 0) is 0 Å². The molecule has 172 valence electrons. The Hall–Kier alpha value is -0.480. The van der Waals surface area contributed by atoms with Crippen molar-refractivity contribution in [1.82, 2.24) is 0 Å². The van der Waals surface area contributed by atoms with Crippen molar-refractivity contribution in [3.63, 3.8) is 0 Å². The van der Waals surface area contributed by atoms with Crippen molar-refractivity contribution in [2.45, 2.75) is 71.3 Å². The molecule has 4 aliphatic rings. The standard InChI is InChI=1S/C26H32I2N2O2/c1-25-9-7-17(31)13-16(25)3-4-18-19-5-6-23(26(19,2)10-8-20(18)25)30-29-14-15-11-21(27)24(32)22(28)12-15/h3,11-12,14,17-20,31-32H,4-10,13H2,1-2H3. The molecule has 2 N–H and O–H groups in total. The van der Waals surface area contributed by atoms with Gasteiger partial charge in [-0.2, -0.15) is 10.2 Å². The van der Waals surface area contributed by atoms with E-state index in [4.69, 9.17) is 5.10 Å². The number of hydrogen-bond acceptors (Lipinski definition) is 4. The maximum Gasteiger partial charge on any atom is 0.142 e. The van der Waals surface area contributed by atoms with E-state index >= 15 is 0 Å². The van der Waals surface area contributed by atoms with E-state index < -0.39 is 0 Å². The Labute approximate surface area is 218 Å². The fourth-order valence-electron chi connectivity index (χ4n) is 7.42. The molecule has 4 nitrogen and oxygen atoms in total. The highest BCUT2D eigenvalue weighted by Gasteiger charge is 2.57. The van der Waals surface area contributed by atoms with Crippen LogP contribution < -0.4 is 0 Å². The van der Waals surface area contributed by atoms with Gasteiger partial charge in [0.05, 0.1) is 19.5 Å². The number of rotatable bonds is 2. The molecule has 0 bridgehead atoms. The van der Waals surface area contributed by atoms with Crippen LogP contribution in [0.1, 0.15) is 70.8 Å². The third-order valence-corrected chi connectivity index (χ3v) is 10.9. The van der Waals surface area contributed by atoms with Crippen LogP contribution in [0.2, 0.25) is 0 Å². The van der Waals surface area contributed by atoms with Crippen LogP contribution in [0.3, 0.4) is 0 Å². The van der Waals surface area contributed by atoms with Crippen LogP contribution in [0.5, 0.6) is 5.75 Å². The van der Waals surface area contributed by atoms with Crippen molar-refractivity contribution >= 4 is 57.1 Å². The SMILES string of the molecule is CC12CCC(O)CC1=CCC1C2CCC2(C)C(=NN=Cc3cc(I)c(O)c(I)c3)CCC12. The molecule has 3 fully saturated rings. The summed E-state index contributed by atoms with van der Waals surface area (Å²) in [7, 11) is 0. The van der Waals surface area contributed by atoms with Crippen LogP contribution in [0, 0.1) is 35.7 Å². The van der Waals surface area contributed by atoms with E-state index in [1.165, 1.54) is 37.0 Å². The smallest absolute Gasteiger partial charge is 0.142 e. The van der Waals surface area contributed by atoms with Gasteiger partial charge in [0.1, 0.15) is 5.75 Å². The van der Waals surface area contributed by atoms with Gasteiger partial charge < -0.3 is 10.2 Å². The summed E-state index contributed by atoms with van der Waals surface area (Å²) in [4.78, 5) is 0. The van der Waals surface area contributed by atoms with Gasteiger partial charge in [0.15, 0.2) is 0 Å². The quantitative estimate of drug-likeness (QED) is 0.161. The summed E-state index contributed by atoms with van der Waals surface area (Å²) in [6.07, 6.45) is 13.1. The first-order chi connectivity index (χ1) is 15.2. The van der Waals surface area contributed by atoms with Gasteiger partial charge in [-0.15, -0.1) is 0 Å². The number of benzene rings is 1. The fourth-order valence-corrected chi connectivity index (χ4v) is 9.24. The molecule has 0 saturated heterocycles. The molecule has 0 amide bonds. The van der Waals surface area contributed by atoms with Crippen LogP contribution >= 0.6 is 45.2 Å². The van der Waals surface area contributed by atoms with Crippen molar-refractivity contribution in [3.8, 4) is 5.75 Å². The highest BCUT2D eigenvalue weighted by Crippen LogP contribution is 2.64. The fraction of sp³-hybridized carbons (Fsp3) is 0.615. The van der Waals surface area contributed by atoms with Gasteiger partial charge >= 0.3 is 0 Å². The van der Waals surface area contributed by atoms with Crippen molar-refractivity contribution < 1.29 is 10.2 Å². The molecule has 0 spiro atoms. The predicted octanol–water partition coefficient (Wildman–Crippen LogP) is 6.70. The lowest BCUT2D eigenvalue weighted by atomic mass is 9.48. The maximum absolute atomic E-state index is 10.2. The van der Waals surface area contributed by atoms with E-state index in [2.05, 4.69) is 70.2 Å². The normalized spacial score (nSPS) is 40.2. The molecule has 3 saturated carbocycles. The number of fused-ring (bicyclic) bond motifs is 5. The Kier molecular flexibility index (Phi) is 6.27. The minimum atomic E-state index is -0.136. The molecule has 1 aromatic rings. The zero-order chi connectivity index (χ0) is 22.7. The van der Waals surface area contributed by atoms with Crippen LogP contribution in [0.25, 0.3) is 0 Å². The van der Waals surface area contributed by atoms with Crippen LogP contribution in [0.15, 0.2) is 34.0 Å². The summed E-state index contributed by atoms with van der Waals surface area (Å²) in [5.41, 5.74) is 4.23. The average molecular weight is 658 g/mol. The lowest BCUT2D eigenvalue weighted by molar-refractivity contribution is -0.0209. The Bertz CT molecular complexity index is 996. The number of hydrogen-bond donors (Lipinski definition) is 2. The molecule has 0 aromatic heterocycles. The minimum absolute atomic E-state index is 0.136. The number of aliphatic hydroxyl groups is 1. The lowest BCUT2D eigenvalue weighted by Gasteiger charge is -2.57. The summed E-state index contributed by atoms with van der Waals surface area (Å²) < 4.78 is 1.67. The second kappa shape index (κ2) is 8.63. The van der Waals surface area contributed by atoms with Crippen LogP contribution in [-0.4, -0.2) is 28.2 Å². The second-order valence-corrected chi connectivity index (χ2v) is 13.1. The first-order valence-electron chi connectivity index (χ1n) is 11.9. The monoisotopic (exact) mass is 658 g/mol. The van der Waals surface area contributed by atoms with Gasteiger partial charge in [0, 0.05) is 11.1 Å². The zero-order valence-electron chi connectivity index (χ0n) is 18.8. The van der Waals surface area contributed by atoms with Crippen molar-refractivity contribution in [2.24, 2.45) is 38.8 Å². The molecule has 6 heteroatoms. The molecule has 0 aliphatic heterocycles. The number of nitrogens with zero attached hydrogens (tertiary/aromatic N) is 2. The van der Waals surface area contributed by atoms with Gasteiger partial charge in [0.2, 0.25) is 0 Å². The third kappa shape index (κ3) is 3.80. The Morgan fingerprint density at radius 1 is 1.03 bits per heavy atom. The highest BCUT2D eigenvalue weighted by atomic mass is 127. The molecule has 0 heterocycles. The first-order valence-corrected chi connectivity index (χ1v) is 14.0. The molecular formula is C26H32I2N2O2. The average Bonchev–Trinajstić information content (AvgIpc) is 3.09. The molecule has 1 aromatic carbocycles. The van der Waals surface area contributed by atoms with Gasteiger partial charge in [-0.25, -0.2) is 0 Å². The van der Waals surface area contributed by atoms with E-state index in [0.29, 0.717) is 11.7 Å². The van der Waals surface area contributed by atoms with Gasteiger partial charge in [-0.05, 0) is 137 Å². The van der Waals surface area contributed by atoms with E-state index in [-0.39, 0.29) is 16.9 Å². The summed E-state index contributed by atoms with van der Waals surface area (Å²) in [6, 6.07) is 3.89. The predicted molar refractivity (Wildman–Crippen MR) is 146 cm³/mol. The summed E-state index contributed by atoms with van der Waals surface area (Å²) in [5.74, 6) is 2.50. The van der Waals surface area contributed by atoms with Gasteiger partial charge in [0.25, 0.3) is 0 Å². The van der Waals surface area contributed by atoms with Crippen LogP contribution in [0.4, 0.5) is 0 Å². The Morgan fingerprint density at radius 3 is 2.47 bits per heavy atom. The number of aliphatic hydroxyl groups excluding tert-OH is 1. The second-order valence-electron chi connectivity index (χ2n) is 10.8. The number of phenolic OH excluding ortho intramolecular Hbond substituents is 1. The molecule has 32 heavy (non-hydrogen) atoms. The number of phenols is 1.